The van der Waals surface area contributed by atoms with Crippen LogP contribution < -0.4 is 11.1 Å². The van der Waals surface area contributed by atoms with Gasteiger partial charge in [-0.15, -0.1) is 0 Å². The molecule has 1 amide bonds. The molecule has 0 spiro atoms. The second kappa shape index (κ2) is 6.15. The van der Waals surface area contributed by atoms with Crippen LogP contribution in [-0.4, -0.2) is 24.1 Å². The number of benzene rings is 1. The van der Waals surface area contributed by atoms with Crippen LogP contribution in [-0.2, 0) is 0 Å². The van der Waals surface area contributed by atoms with Gasteiger partial charge in [0, 0.05) is 13.1 Å². The summed E-state index contributed by atoms with van der Waals surface area (Å²) < 4.78 is 0. The van der Waals surface area contributed by atoms with Gasteiger partial charge in [0.05, 0.1) is 10.6 Å². The number of nitrogens with two attached hydrogens (primary N) is 1. The minimum absolute atomic E-state index is 0.00653. The lowest BCUT2D eigenvalue weighted by Gasteiger charge is -2.04. The summed E-state index contributed by atoms with van der Waals surface area (Å²) in [5.74, 6) is -0.324. The SMILES string of the molecule is NC/C=C/CNC(=O)c1cc(O)ccc1Cl. The van der Waals surface area contributed by atoms with Crippen molar-refractivity contribution >= 4 is 17.5 Å². The Labute approximate surface area is 98.7 Å². The Kier molecular flexibility index (Phi) is 4.82. The molecule has 0 saturated heterocycles. The maximum Gasteiger partial charge on any atom is 0.253 e. The second-order valence-electron chi connectivity index (χ2n) is 3.08. The first-order valence-corrected chi connectivity index (χ1v) is 5.14. The number of phenolic OH excluding ortho intramolecular Hbond substituents is 1. The number of nitrogens with one attached hydrogen (secondary N) is 1. The maximum absolute atomic E-state index is 11.6. The molecule has 86 valence electrons. The van der Waals surface area contributed by atoms with E-state index in [0.717, 1.165) is 0 Å². The maximum atomic E-state index is 11.6. The van der Waals surface area contributed by atoms with Gasteiger partial charge in [-0.05, 0) is 18.2 Å². The van der Waals surface area contributed by atoms with Crippen LogP contribution in [0.3, 0.4) is 0 Å². The van der Waals surface area contributed by atoms with Crippen molar-refractivity contribution in [2.24, 2.45) is 5.73 Å². The summed E-state index contributed by atoms with van der Waals surface area (Å²) in [7, 11) is 0. The lowest BCUT2D eigenvalue weighted by atomic mass is 10.2. The van der Waals surface area contributed by atoms with Gasteiger partial charge in [-0.3, -0.25) is 4.79 Å². The van der Waals surface area contributed by atoms with Crippen molar-refractivity contribution in [3.8, 4) is 5.75 Å². The van der Waals surface area contributed by atoms with E-state index in [1.165, 1.54) is 18.2 Å². The molecule has 1 aromatic carbocycles. The van der Waals surface area contributed by atoms with Gasteiger partial charge in [-0.2, -0.15) is 0 Å². The average molecular weight is 241 g/mol. The molecule has 4 N–H and O–H groups in total. The zero-order valence-corrected chi connectivity index (χ0v) is 9.37. The Bertz CT molecular complexity index is 405. The summed E-state index contributed by atoms with van der Waals surface area (Å²) in [5.41, 5.74) is 5.50. The van der Waals surface area contributed by atoms with Crippen LogP contribution >= 0.6 is 11.6 Å². The van der Waals surface area contributed by atoms with Gasteiger partial charge < -0.3 is 16.2 Å². The van der Waals surface area contributed by atoms with Crippen molar-refractivity contribution in [1.82, 2.24) is 5.32 Å². The van der Waals surface area contributed by atoms with E-state index in [1.807, 2.05) is 0 Å². The Balaban J connectivity index is 2.65. The smallest absolute Gasteiger partial charge is 0.253 e. The topological polar surface area (TPSA) is 75.3 Å². The van der Waals surface area contributed by atoms with Crippen molar-refractivity contribution < 1.29 is 9.90 Å². The van der Waals surface area contributed by atoms with Gasteiger partial charge in [0.2, 0.25) is 0 Å². The van der Waals surface area contributed by atoms with Crippen LogP contribution in [0.1, 0.15) is 10.4 Å². The predicted octanol–water partition coefficient (Wildman–Crippen LogP) is 1.29. The van der Waals surface area contributed by atoms with E-state index in [0.29, 0.717) is 18.1 Å². The van der Waals surface area contributed by atoms with Crippen molar-refractivity contribution in [3.05, 3.63) is 40.9 Å². The third-order valence-corrected chi connectivity index (χ3v) is 2.21. The fourth-order valence-electron chi connectivity index (χ4n) is 1.11. The number of carbonyl (C=O) groups is 1. The number of hydrogen-bond acceptors (Lipinski definition) is 3. The molecule has 0 aliphatic carbocycles. The number of rotatable bonds is 4. The van der Waals surface area contributed by atoms with Crippen molar-refractivity contribution in [1.29, 1.82) is 0 Å². The molecule has 0 aliphatic heterocycles. The predicted molar refractivity (Wildman–Crippen MR) is 63.6 cm³/mol. The fraction of sp³-hybridized carbons (Fsp3) is 0.182. The molecule has 0 fully saturated rings. The van der Waals surface area contributed by atoms with E-state index in [2.05, 4.69) is 5.32 Å². The largest absolute Gasteiger partial charge is 0.508 e. The number of aromatic hydroxyl groups is 1. The van der Waals surface area contributed by atoms with E-state index in [4.69, 9.17) is 17.3 Å². The molecule has 0 aliphatic rings. The third-order valence-electron chi connectivity index (χ3n) is 1.88. The molecule has 1 rings (SSSR count). The quantitative estimate of drug-likeness (QED) is 0.695. The molecular formula is C11H13ClN2O2. The standard InChI is InChI=1S/C11H13ClN2O2/c12-10-4-3-8(15)7-9(10)11(16)14-6-2-1-5-13/h1-4,7,15H,5-6,13H2,(H,14,16)/b2-1+. The summed E-state index contributed by atoms with van der Waals surface area (Å²) in [4.78, 5) is 11.6. The first kappa shape index (κ1) is 12.5. The van der Waals surface area contributed by atoms with Crippen LogP contribution in [0.4, 0.5) is 0 Å². The van der Waals surface area contributed by atoms with E-state index in [9.17, 15) is 9.90 Å². The highest BCUT2D eigenvalue weighted by atomic mass is 35.5. The van der Waals surface area contributed by atoms with Crippen molar-refractivity contribution in [2.75, 3.05) is 13.1 Å². The molecule has 0 unspecified atom stereocenters. The van der Waals surface area contributed by atoms with Gasteiger partial charge in [-0.25, -0.2) is 0 Å². The minimum atomic E-state index is -0.331. The minimum Gasteiger partial charge on any atom is -0.508 e. The van der Waals surface area contributed by atoms with E-state index >= 15 is 0 Å². The van der Waals surface area contributed by atoms with Crippen LogP contribution in [0.2, 0.25) is 5.02 Å². The van der Waals surface area contributed by atoms with Gasteiger partial charge >= 0.3 is 0 Å². The van der Waals surface area contributed by atoms with Gasteiger partial charge in [-0.1, -0.05) is 23.8 Å². The van der Waals surface area contributed by atoms with Crippen LogP contribution in [0.5, 0.6) is 5.75 Å². The Morgan fingerprint density at radius 1 is 1.50 bits per heavy atom. The van der Waals surface area contributed by atoms with Crippen molar-refractivity contribution in [3.63, 3.8) is 0 Å². The highest BCUT2D eigenvalue weighted by molar-refractivity contribution is 6.33. The van der Waals surface area contributed by atoms with Crippen LogP contribution in [0.15, 0.2) is 30.4 Å². The summed E-state index contributed by atoms with van der Waals surface area (Å²) in [6.45, 7) is 0.810. The zero-order chi connectivity index (χ0) is 12.0. The highest BCUT2D eigenvalue weighted by Gasteiger charge is 2.09. The number of amides is 1. The van der Waals surface area contributed by atoms with E-state index in [-0.39, 0.29) is 17.2 Å². The normalized spacial score (nSPS) is 10.6. The Morgan fingerprint density at radius 2 is 2.25 bits per heavy atom. The molecule has 0 saturated carbocycles. The first-order chi connectivity index (χ1) is 7.65. The third kappa shape index (κ3) is 3.56. The molecule has 0 aromatic heterocycles. The lowest BCUT2D eigenvalue weighted by Crippen LogP contribution is -2.23. The molecule has 16 heavy (non-hydrogen) atoms. The molecule has 4 nitrogen and oxygen atoms in total. The van der Waals surface area contributed by atoms with Crippen molar-refractivity contribution in [2.45, 2.75) is 0 Å². The fourth-order valence-corrected chi connectivity index (χ4v) is 1.32. The lowest BCUT2D eigenvalue weighted by molar-refractivity contribution is 0.0957. The molecule has 0 atom stereocenters. The van der Waals surface area contributed by atoms with Gasteiger partial charge in [0.1, 0.15) is 5.75 Å². The molecule has 0 heterocycles. The first-order valence-electron chi connectivity index (χ1n) is 4.77. The molecule has 1 aromatic rings. The Morgan fingerprint density at radius 3 is 2.94 bits per heavy atom. The second-order valence-corrected chi connectivity index (χ2v) is 3.49. The molecule has 0 radical (unpaired) electrons. The van der Waals surface area contributed by atoms with Crippen LogP contribution in [0, 0.1) is 0 Å². The summed E-state index contributed by atoms with van der Waals surface area (Å²) in [6, 6.07) is 4.22. The van der Waals surface area contributed by atoms with Gasteiger partial charge in [0.15, 0.2) is 0 Å². The summed E-state index contributed by atoms with van der Waals surface area (Å²) in [6.07, 6.45) is 3.49. The van der Waals surface area contributed by atoms with Gasteiger partial charge in [0.25, 0.3) is 5.91 Å². The highest BCUT2D eigenvalue weighted by Crippen LogP contribution is 2.20. The number of hydrogen-bond donors (Lipinski definition) is 3. The summed E-state index contributed by atoms with van der Waals surface area (Å²) >= 11 is 5.82. The summed E-state index contributed by atoms with van der Waals surface area (Å²) in [5, 5.41) is 12.2. The number of halogens is 1. The van der Waals surface area contributed by atoms with E-state index in [1.54, 1.807) is 12.2 Å². The molecular weight excluding hydrogens is 228 g/mol. The average Bonchev–Trinajstić information content (AvgIpc) is 2.27. The molecule has 5 heteroatoms. The molecule has 0 bridgehead atoms. The number of carbonyl (C=O) groups excluding carboxylic acids is 1. The zero-order valence-electron chi connectivity index (χ0n) is 8.61. The Hall–Kier alpha value is -1.52. The van der Waals surface area contributed by atoms with E-state index < -0.39 is 0 Å². The monoisotopic (exact) mass is 240 g/mol. The number of phenols is 1. The van der Waals surface area contributed by atoms with Crippen LogP contribution in [0.25, 0.3) is 0 Å².